The summed E-state index contributed by atoms with van der Waals surface area (Å²) in [6, 6.07) is 9.96. The molecule has 106 valence electrons. The van der Waals surface area contributed by atoms with E-state index in [1.807, 2.05) is 30.3 Å². The van der Waals surface area contributed by atoms with Gasteiger partial charge in [0.1, 0.15) is 0 Å². The second-order valence-corrected chi connectivity index (χ2v) is 5.95. The van der Waals surface area contributed by atoms with Gasteiger partial charge in [-0.1, -0.05) is 36.8 Å². The SMILES string of the molecule is CN1CC(NC(=O)C2(c3ccccc3)CCC2)CC1=O. The molecule has 0 bridgehead atoms. The third-order valence-corrected chi connectivity index (χ3v) is 4.64. The number of hydrogen-bond acceptors (Lipinski definition) is 2. The van der Waals surface area contributed by atoms with Gasteiger partial charge < -0.3 is 10.2 Å². The molecule has 1 aliphatic heterocycles. The molecule has 2 amide bonds. The molecule has 0 spiro atoms. The lowest BCUT2D eigenvalue weighted by molar-refractivity contribution is -0.130. The Morgan fingerprint density at radius 3 is 2.50 bits per heavy atom. The van der Waals surface area contributed by atoms with Gasteiger partial charge in [-0.2, -0.15) is 0 Å². The number of rotatable bonds is 3. The van der Waals surface area contributed by atoms with E-state index in [2.05, 4.69) is 5.32 Å². The molecule has 1 aromatic rings. The Hall–Kier alpha value is -1.84. The minimum atomic E-state index is -0.370. The van der Waals surface area contributed by atoms with E-state index in [4.69, 9.17) is 0 Å². The van der Waals surface area contributed by atoms with E-state index >= 15 is 0 Å². The summed E-state index contributed by atoms with van der Waals surface area (Å²) in [7, 11) is 1.78. The Morgan fingerprint density at radius 2 is 2.00 bits per heavy atom. The zero-order valence-electron chi connectivity index (χ0n) is 11.8. The molecule has 1 atom stereocenters. The molecule has 2 aliphatic rings. The Labute approximate surface area is 119 Å². The van der Waals surface area contributed by atoms with Crippen molar-refractivity contribution in [3.8, 4) is 0 Å². The Bertz CT molecular complexity index is 523. The zero-order valence-corrected chi connectivity index (χ0v) is 11.8. The second-order valence-electron chi connectivity index (χ2n) is 5.95. The monoisotopic (exact) mass is 272 g/mol. The maximum atomic E-state index is 12.7. The average molecular weight is 272 g/mol. The van der Waals surface area contributed by atoms with Crippen LogP contribution in [-0.4, -0.2) is 36.3 Å². The minimum absolute atomic E-state index is 0.0406. The van der Waals surface area contributed by atoms with E-state index in [-0.39, 0.29) is 23.3 Å². The first-order valence-corrected chi connectivity index (χ1v) is 7.22. The summed E-state index contributed by atoms with van der Waals surface area (Å²) in [5.74, 6) is 0.195. The van der Waals surface area contributed by atoms with Crippen molar-refractivity contribution in [3.05, 3.63) is 35.9 Å². The van der Waals surface area contributed by atoms with Crippen molar-refractivity contribution in [3.63, 3.8) is 0 Å². The topological polar surface area (TPSA) is 49.4 Å². The number of benzene rings is 1. The van der Waals surface area contributed by atoms with Gasteiger partial charge in [-0.15, -0.1) is 0 Å². The summed E-state index contributed by atoms with van der Waals surface area (Å²) in [5.41, 5.74) is 0.729. The van der Waals surface area contributed by atoms with E-state index in [1.54, 1.807) is 11.9 Å². The van der Waals surface area contributed by atoms with Crippen LogP contribution in [0.3, 0.4) is 0 Å². The number of likely N-dealkylation sites (tertiary alicyclic amines) is 1. The molecule has 1 saturated heterocycles. The van der Waals surface area contributed by atoms with Crippen LogP contribution in [0.15, 0.2) is 30.3 Å². The third-order valence-electron chi connectivity index (χ3n) is 4.64. The van der Waals surface area contributed by atoms with Crippen molar-refractivity contribution >= 4 is 11.8 Å². The first kappa shape index (κ1) is 13.2. The maximum Gasteiger partial charge on any atom is 0.230 e. The van der Waals surface area contributed by atoms with Crippen LogP contribution in [0.5, 0.6) is 0 Å². The summed E-state index contributed by atoms with van der Waals surface area (Å²) >= 11 is 0. The van der Waals surface area contributed by atoms with Crippen LogP contribution in [0.4, 0.5) is 0 Å². The standard InChI is InChI=1S/C16H20N2O2/c1-18-11-13(10-14(18)19)17-15(20)16(8-5-9-16)12-6-3-2-4-7-12/h2-4,6-7,13H,5,8-11H2,1H3,(H,17,20). The molecule has 1 unspecified atom stereocenters. The number of amides is 2. The number of carbonyl (C=O) groups is 2. The maximum absolute atomic E-state index is 12.7. The summed E-state index contributed by atoms with van der Waals surface area (Å²) in [6.45, 7) is 0.620. The summed E-state index contributed by atoms with van der Waals surface area (Å²) in [6.07, 6.45) is 3.32. The van der Waals surface area contributed by atoms with Crippen molar-refractivity contribution in [2.45, 2.75) is 37.1 Å². The minimum Gasteiger partial charge on any atom is -0.350 e. The number of hydrogen-bond donors (Lipinski definition) is 1. The van der Waals surface area contributed by atoms with Crippen LogP contribution in [0.2, 0.25) is 0 Å². The van der Waals surface area contributed by atoms with Crippen LogP contribution in [0, 0.1) is 0 Å². The molecule has 1 aliphatic carbocycles. The molecular formula is C16H20N2O2. The van der Waals surface area contributed by atoms with Crippen molar-refractivity contribution < 1.29 is 9.59 Å². The summed E-state index contributed by atoms with van der Waals surface area (Å²) in [4.78, 5) is 25.9. The van der Waals surface area contributed by atoms with E-state index in [0.717, 1.165) is 24.8 Å². The lowest BCUT2D eigenvalue weighted by atomic mass is 9.63. The predicted octanol–water partition coefficient (Wildman–Crippen LogP) is 1.46. The largest absolute Gasteiger partial charge is 0.350 e. The van der Waals surface area contributed by atoms with Crippen molar-refractivity contribution in [1.82, 2.24) is 10.2 Å². The first-order chi connectivity index (χ1) is 9.62. The van der Waals surface area contributed by atoms with E-state index in [0.29, 0.717) is 13.0 Å². The number of likely N-dealkylation sites (N-methyl/N-ethyl adjacent to an activating group) is 1. The van der Waals surface area contributed by atoms with E-state index in [1.165, 1.54) is 0 Å². The Kier molecular flexibility index (Phi) is 3.24. The zero-order chi connectivity index (χ0) is 14.2. The lowest BCUT2D eigenvalue weighted by Crippen LogP contribution is -2.52. The van der Waals surface area contributed by atoms with Crippen LogP contribution in [-0.2, 0) is 15.0 Å². The van der Waals surface area contributed by atoms with Crippen molar-refractivity contribution in [1.29, 1.82) is 0 Å². The second kappa shape index (κ2) is 4.93. The summed E-state index contributed by atoms with van der Waals surface area (Å²) in [5, 5.41) is 3.08. The molecule has 0 aromatic heterocycles. The molecule has 1 saturated carbocycles. The molecular weight excluding hydrogens is 252 g/mol. The van der Waals surface area contributed by atoms with E-state index < -0.39 is 0 Å². The van der Waals surface area contributed by atoms with Crippen LogP contribution < -0.4 is 5.32 Å². The molecule has 1 aromatic carbocycles. The highest BCUT2D eigenvalue weighted by atomic mass is 16.2. The van der Waals surface area contributed by atoms with Gasteiger partial charge in [0.25, 0.3) is 0 Å². The molecule has 2 fully saturated rings. The fourth-order valence-electron chi connectivity index (χ4n) is 3.22. The van der Waals surface area contributed by atoms with Gasteiger partial charge >= 0.3 is 0 Å². The Morgan fingerprint density at radius 1 is 1.30 bits per heavy atom. The fraction of sp³-hybridized carbons (Fsp3) is 0.500. The highest BCUT2D eigenvalue weighted by Crippen LogP contribution is 2.44. The van der Waals surface area contributed by atoms with E-state index in [9.17, 15) is 9.59 Å². The lowest BCUT2D eigenvalue weighted by Gasteiger charge is -2.41. The van der Waals surface area contributed by atoms with Gasteiger partial charge in [-0.05, 0) is 18.4 Å². The van der Waals surface area contributed by atoms with Crippen molar-refractivity contribution in [2.75, 3.05) is 13.6 Å². The number of carbonyl (C=O) groups excluding carboxylic acids is 2. The van der Waals surface area contributed by atoms with Crippen LogP contribution in [0.1, 0.15) is 31.2 Å². The highest BCUT2D eigenvalue weighted by Gasteiger charge is 2.46. The third kappa shape index (κ3) is 2.09. The normalized spacial score (nSPS) is 24.4. The van der Waals surface area contributed by atoms with Gasteiger partial charge in [-0.3, -0.25) is 9.59 Å². The number of nitrogens with one attached hydrogen (secondary N) is 1. The molecule has 0 radical (unpaired) electrons. The molecule has 1 N–H and O–H groups in total. The fourth-order valence-corrected chi connectivity index (χ4v) is 3.22. The van der Waals surface area contributed by atoms with Gasteiger partial charge in [-0.25, -0.2) is 0 Å². The average Bonchev–Trinajstić information content (AvgIpc) is 2.68. The molecule has 1 heterocycles. The summed E-state index contributed by atoms with van der Waals surface area (Å²) < 4.78 is 0. The van der Waals surface area contributed by atoms with Gasteiger partial charge in [0, 0.05) is 20.0 Å². The quantitative estimate of drug-likeness (QED) is 0.905. The first-order valence-electron chi connectivity index (χ1n) is 7.22. The highest BCUT2D eigenvalue weighted by molar-refractivity contribution is 5.90. The van der Waals surface area contributed by atoms with Gasteiger partial charge in [0.15, 0.2) is 0 Å². The molecule has 4 nitrogen and oxygen atoms in total. The van der Waals surface area contributed by atoms with Gasteiger partial charge in [0.05, 0.1) is 11.5 Å². The molecule has 20 heavy (non-hydrogen) atoms. The molecule has 3 rings (SSSR count). The predicted molar refractivity (Wildman–Crippen MR) is 76.2 cm³/mol. The van der Waals surface area contributed by atoms with Gasteiger partial charge in [0.2, 0.25) is 11.8 Å². The molecule has 4 heteroatoms. The number of nitrogens with zero attached hydrogens (tertiary/aromatic N) is 1. The Balaban J connectivity index is 1.74. The van der Waals surface area contributed by atoms with Crippen LogP contribution in [0.25, 0.3) is 0 Å². The van der Waals surface area contributed by atoms with Crippen molar-refractivity contribution in [2.24, 2.45) is 0 Å². The smallest absolute Gasteiger partial charge is 0.230 e. The van der Waals surface area contributed by atoms with Crippen LogP contribution >= 0.6 is 0 Å².